The predicted octanol–water partition coefficient (Wildman–Crippen LogP) is 0.936. The summed E-state index contributed by atoms with van der Waals surface area (Å²) in [6.07, 6.45) is 0.692. The molecule has 1 saturated heterocycles. The summed E-state index contributed by atoms with van der Waals surface area (Å²) in [7, 11) is 0. The first-order valence-electron chi connectivity index (χ1n) is 5.62. The van der Waals surface area contributed by atoms with E-state index in [9.17, 15) is 9.59 Å². The molecule has 0 spiro atoms. The van der Waals surface area contributed by atoms with Crippen molar-refractivity contribution in [3.8, 4) is 0 Å². The highest BCUT2D eigenvalue weighted by atomic mass is 16.2. The van der Waals surface area contributed by atoms with E-state index >= 15 is 0 Å². The SMILES string of the molecule is C=C(C)CN1CC(=O)NC(CC(C)C)C1=O. The normalized spacial score (nSPS) is 21.2. The number of carbonyl (C=O) groups excluding carboxylic acids is 2. The Balaban J connectivity index is 2.69. The Morgan fingerprint density at radius 3 is 2.69 bits per heavy atom. The van der Waals surface area contributed by atoms with Gasteiger partial charge in [0, 0.05) is 6.54 Å². The molecular formula is C12H20N2O2. The molecule has 1 fully saturated rings. The third-order valence-corrected chi connectivity index (χ3v) is 2.45. The zero-order valence-electron chi connectivity index (χ0n) is 10.2. The molecule has 1 unspecified atom stereocenters. The van der Waals surface area contributed by atoms with E-state index in [4.69, 9.17) is 0 Å². The van der Waals surface area contributed by atoms with Crippen molar-refractivity contribution >= 4 is 11.8 Å². The van der Waals surface area contributed by atoms with Crippen molar-refractivity contribution in [3.63, 3.8) is 0 Å². The second-order valence-electron chi connectivity index (χ2n) is 4.90. The van der Waals surface area contributed by atoms with Gasteiger partial charge in [0.05, 0.1) is 6.54 Å². The number of rotatable bonds is 4. The molecule has 1 N–H and O–H groups in total. The van der Waals surface area contributed by atoms with Gasteiger partial charge in [-0.1, -0.05) is 26.0 Å². The monoisotopic (exact) mass is 224 g/mol. The molecule has 0 aromatic heterocycles. The fourth-order valence-electron chi connectivity index (χ4n) is 1.86. The van der Waals surface area contributed by atoms with Crippen LogP contribution in [-0.4, -0.2) is 35.8 Å². The lowest BCUT2D eigenvalue weighted by molar-refractivity contribution is -0.144. The van der Waals surface area contributed by atoms with Crippen LogP contribution in [0.1, 0.15) is 27.2 Å². The lowest BCUT2D eigenvalue weighted by Crippen LogP contribution is -2.58. The lowest BCUT2D eigenvalue weighted by Gasteiger charge is -2.33. The van der Waals surface area contributed by atoms with Gasteiger partial charge in [0.15, 0.2) is 0 Å². The van der Waals surface area contributed by atoms with Crippen LogP contribution in [0, 0.1) is 5.92 Å². The van der Waals surface area contributed by atoms with Crippen LogP contribution in [0.3, 0.4) is 0 Å². The number of nitrogens with zero attached hydrogens (tertiary/aromatic N) is 1. The van der Waals surface area contributed by atoms with Crippen molar-refractivity contribution in [2.75, 3.05) is 13.1 Å². The van der Waals surface area contributed by atoms with Crippen LogP contribution < -0.4 is 5.32 Å². The van der Waals surface area contributed by atoms with Crippen LogP contribution in [0.5, 0.6) is 0 Å². The molecule has 0 radical (unpaired) electrons. The average molecular weight is 224 g/mol. The predicted molar refractivity (Wildman–Crippen MR) is 62.8 cm³/mol. The van der Waals surface area contributed by atoms with Crippen molar-refractivity contribution < 1.29 is 9.59 Å². The molecule has 0 saturated carbocycles. The van der Waals surface area contributed by atoms with Crippen LogP contribution in [-0.2, 0) is 9.59 Å². The summed E-state index contributed by atoms with van der Waals surface area (Å²) in [5, 5.41) is 2.74. The Hall–Kier alpha value is -1.32. The van der Waals surface area contributed by atoms with Gasteiger partial charge in [-0.15, -0.1) is 0 Å². The summed E-state index contributed by atoms with van der Waals surface area (Å²) in [5.74, 6) is 0.321. The van der Waals surface area contributed by atoms with E-state index in [-0.39, 0.29) is 24.4 Å². The van der Waals surface area contributed by atoms with E-state index in [1.807, 2.05) is 20.8 Å². The first kappa shape index (κ1) is 12.7. The average Bonchev–Trinajstić information content (AvgIpc) is 2.11. The maximum Gasteiger partial charge on any atom is 0.245 e. The molecule has 4 heteroatoms. The van der Waals surface area contributed by atoms with E-state index in [2.05, 4.69) is 11.9 Å². The Labute approximate surface area is 96.7 Å². The molecule has 1 heterocycles. The van der Waals surface area contributed by atoms with Crippen molar-refractivity contribution in [1.82, 2.24) is 10.2 Å². The molecule has 4 nitrogen and oxygen atoms in total. The molecule has 1 atom stereocenters. The van der Waals surface area contributed by atoms with E-state index in [0.717, 1.165) is 5.57 Å². The van der Waals surface area contributed by atoms with Crippen LogP contribution in [0.2, 0.25) is 0 Å². The minimum absolute atomic E-state index is 0.0105. The first-order chi connectivity index (χ1) is 7.40. The Bertz CT molecular complexity index is 308. The molecule has 0 aliphatic carbocycles. The van der Waals surface area contributed by atoms with Gasteiger partial charge in [0.1, 0.15) is 6.04 Å². The van der Waals surface area contributed by atoms with Gasteiger partial charge in [-0.05, 0) is 19.3 Å². The van der Waals surface area contributed by atoms with Gasteiger partial charge in [-0.2, -0.15) is 0 Å². The third-order valence-electron chi connectivity index (χ3n) is 2.45. The van der Waals surface area contributed by atoms with Crippen molar-refractivity contribution in [2.24, 2.45) is 5.92 Å². The van der Waals surface area contributed by atoms with Crippen molar-refractivity contribution in [2.45, 2.75) is 33.2 Å². The maximum absolute atomic E-state index is 12.0. The van der Waals surface area contributed by atoms with Gasteiger partial charge in [0.2, 0.25) is 11.8 Å². The molecule has 1 aliphatic rings. The van der Waals surface area contributed by atoms with Crippen LogP contribution in [0.25, 0.3) is 0 Å². The zero-order valence-corrected chi connectivity index (χ0v) is 10.2. The standard InChI is InChI=1S/C12H20N2O2/c1-8(2)5-10-12(16)14(6-9(3)4)7-11(15)13-10/h8,10H,3,5-7H2,1-2,4H3,(H,13,15). The smallest absolute Gasteiger partial charge is 0.245 e. The number of hydrogen-bond acceptors (Lipinski definition) is 2. The summed E-state index contributed by atoms with van der Waals surface area (Å²) in [6.45, 7) is 10.3. The number of piperazine rings is 1. The van der Waals surface area contributed by atoms with Crippen molar-refractivity contribution in [3.05, 3.63) is 12.2 Å². The van der Waals surface area contributed by atoms with Crippen LogP contribution >= 0.6 is 0 Å². The highest BCUT2D eigenvalue weighted by Crippen LogP contribution is 2.12. The molecule has 90 valence electrons. The molecule has 0 aromatic rings. The highest BCUT2D eigenvalue weighted by molar-refractivity contribution is 5.94. The van der Waals surface area contributed by atoms with Crippen LogP contribution in [0.15, 0.2) is 12.2 Å². The van der Waals surface area contributed by atoms with Crippen molar-refractivity contribution in [1.29, 1.82) is 0 Å². The number of carbonyl (C=O) groups is 2. The molecule has 16 heavy (non-hydrogen) atoms. The van der Waals surface area contributed by atoms with E-state index in [1.165, 1.54) is 0 Å². The number of amides is 2. The third kappa shape index (κ3) is 3.36. The number of nitrogens with one attached hydrogen (secondary N) is 1. The molecule has 1 rings (SSSR count). The lowest BCUT2D eigenvalue weighted by atomic mass is 10.0. The fraction of sp³-hybridized carbons (Fsp3) is 0.667. The molecule has 0 aromatic carbocycles. The minimum Gasteiger partial charge on any atom is -0.343 e. The Morgan fingerprint density at radius 1 is 1.56 bits per heavy atom. The van der Waals surface area contributed by atoms with Gasteiger partial charge in [-0.25, -0.2) is 0 Å². The van der Waals surface area contributed by atoms with Gasteiger partial charge < -0.3 is 10.2 Å². The Kier molecular flexibility index (Phi) is 4.10. The quantitative estimate of drug-likeness (QED) is 0.722. The Morgan fingerprint density at radius 2 is 2.19 bits per heavy atom. The van der Waals surface area contributed by atoms with Crippen LogP contribution in [0.4, 0.5) is 0 Å². The van der Waals surface area contributed by atoms with Gasteiger partial charge in [0.25, 0.3) is 0 Å². The van der Waals surface area contributed by atoms with Gasteiger partial charge >= 0.3 is 0 Å². The van der Waals surface area contributed by atoms with E-state index in [1.54, 1.807) is 4.90 Å². The molecule has 0 bridgehead atoms. The maximum atomic E-state index is 12.0. The largest absolute Gasteiger partial charge is 0.343 e. The van der Waals surface area contributed by atoms with E-state index in [0.29, 0.717) is 18.9 Å². The second-order valence-corrected chi connectivity index (χ2v) is 4.90. The molecule has 2 amide bonds. The summed E-state index contributed by atoms with van der Waals surface area (Å²) in [6, 6.07) is -0.361. The fourth-order valence-corrected chi connectivity index (χ4v) is 1.86. The zero-order chi connectivity index (χ0) is 12.3. The van der Waals surface area contributed by atoms with Gasteiger partial charge in [-0.3, -0.25) is 9.59 Å². The molecular weight excluding hydrogens is 204 g/mol. The first-order valence-corrected chi connectivity index (χ1v) is 5.62. The highest BCUT2D eigenvalue weighted by Gasteiger charge is 2.32. The summed E-state index contributed by atoms with van der Waals surface area (Å²) < 4.78 is 0. The van der Waals surface area contributed by atoms with E-state index < -0.39 is 0 Å². The second kappa shape index (κ2) is 5.14. The minimum atomic E-state index is -0.361. The summed E-state index contributed by atoms with van der Waals surface area (Å²) >= 11 is 0. The summed E-state index contributed by atoms with van der Waals surface area (Å²) in [4.78, 5) is 25.0. The summed E-state index contributed by atoms with van der Waals surface area (Å²) in [5.41, 5.74) is 0.895. The molecule has 1 aliphatic heterocycles. The topological polar surface area (TPSA) is 49.4 Å². The number of hydrogen-bond donors (Lipinski definition) is 1.